The number of morpholine rings is 1. The lowest BCUT2D eigenvalue weighted by Gasteiger charge is -2.34. The molecule has 2 aliphatic rings. The number of carbonyl (C=O) groups is 2. The molecule has 0 radical (unpaired) electrons. The lowest BCUT2D eigenvalue weighted by atomic mass is 10.2. The van der Waals surface area contributed by atoms with Crippen molar-refractivity contribution in [1.29, 1.82) is 0 Å². The standard InChI is InChI=1S/C14H26N4O3/c1-11-9-18(10-12(2)21-11)14(20)13(19)16-5-8-17-6-3-15-4-7-17/h11-12,15H,3-10H2,1-2H3,(H,16,19). The van der Waals surface area contributed by atoms with Gasteiger partial charge in [0.2, 0.25) is 0 Å². The summed E-state index contributed by atoms with van der Waals surface area (Å²) in [4.78, 5) is 27.9. The number of amides is 2. The zero-order valence-electron chi connectivity index (χ0n) is 12.9. The first-order chi connectivity index (χ1) is 10.1. The third-order valence-corrected chi connectivity index (χ3v) is 3.82. The Morgan fingerprint density at radius 1 is 1.19 bits per heavy atom. The van der Waals surface area contributed by atoms with E-state index in [2.05, 4.69) is 15.5 Å². The van der Waals surface area contributed by atoms with E-state index in [1.165, 1.54) is 0 Å². The fourth-order valence-corrected chi connectivity index (χ4v) is 2.83. The molecule has 2 amide bonds. The summed E-state index contributed by atoms with van der Waals surface area (Å²) in [6.45, 7) is 10.0. The minimum atomic E-state index is -0.508. The molecule has 2 unspecified atom stereocenters. The summed E-state index contributed by atoms with van der Waals surface area (Å²) in [6.07, 6.45) is -0.0438. The smallest absolute Gasteiger partial charge is 0.312 e. The maximum atomic E-state index is 12.1. The van der Waals surface area contributed by atoms with Crippen LogP contribution in [0.2, 0.25) is 0 Å². The summed E-state index contributed by atoms with van der Waals surface area (Å²) in [5, 5.41) is 6.01. The van der Waals surface area contributed by atoms with Gasteiger partial charge in [0.1, 0.15) is 0 Å². The van der Waals surface area contributed by atoms with Gasteiger partial charge < -0.3 is 20.3 Å². The van der Waals surface area contributed by atoms with Crippen LogP contribution < -0.4 is 10.6 Å². The average molecular weight is 298 g/mol. The molecule has 7 heteroatoms. The number of nitrogens with zero attached hydrogens (tertiary/aromatic N) is 2. The van der Waals surface area contributed by atoms with Crippen LogP contribution in [0.5, 0.6) is 0 Å². The highest BCUT2D eigenvalue weighted by Crippen LogP contribution is 2.10. The summed E-state index contributed by atoms with van der Waals surface area (Å²) >= 11 is 0. The van der Waals surface area contributed by atoms with E-state index in [0.717, 1.165) is 32.7 Å². The zero-order chi connectivity index (χ0) is 15.2. The zero-order valence-corrected chi connectivity index (χ0v) is 12.9. The van der Waals surface area contributed by atoms with Crippen LogP contribution in [0.3, 0.4) is 0 Å². The molecule has 2 fully saturated rings. The molecular formula is C14H26N4O3. The van der Waals surface area contributed by atoms with Crippen LogP contribution in [0, 0.1) is 0 Å². The number of carbonyl (C=O) groups excluding carboxylic acids is 2. The summed E-state index contributed by atoms with van der Waals surface area (Å²) in [6, 6.07) is 0. The molecule has 0 aromatic rings. The number of hydrogen-bond acceptors (Lipinski definition) is 5. The third kappa shape index (κ3) is 4.94. The molecule has 2 rings (SSSR count). The van der Waals surface area contributed by atoms with Gasteiger partial charge in [-0.25, -0.2) is 0 Å². The number of hydrogen-bond donors (Lipinski definition) is 2. The average Bonchev–Trinajstić information content (AvgIpc) is 2.46. The van der Waals surface area contributed by atoms with Gasteiger partial charge in [-0.05, 0) is 13.8 Å². The molecule has 2 atom stereocenters. The quantitative estimate of drug-likeness (QED) is 0.630. The van der Waals surface area contributed by atoms with E-state index in [1.54, 1.807) is 4.90 Å². The van der Waals surface area contributed by atoms with E-state index in [4.69, 9.17) is 4.74 Å². The first kappa shape index (κ1) is 16.2. The predicted molar refractivity (Wildman–Crippen MR) is 78.9 cm³/mol. The Kier molecular flexibility index (Phi) is 5.96. The van der Waals surface area contributed by atoms with Crippen LogP contribution in [0.4, 0.5) is 0 Å². The van der Waals surface area contributed by atoms with E-state index in [0.29, 0.717) is 19.6 Å². The van der Waals surface area contributed by atoms with Crippen molar-refractivity contribution in [3.63, 3.8) is 0 Å². The van der Waals surface area contributed by atoms with Crippen LogP contribution in [-0.2, 0) is 14.3 Å². The fraction of sp³-hybridized carbons (Fsp3) is 0.857. The molecule has 0 aromatic heterocycles. The second-order valence-corrected chi connectivity index (χ2v) is 5.81. The van der Waals surface area contributed by atoms with E-state index in [1.807, 2.05) is 13.8 Å². The molecule has 0 saturated carbocycles. The Bertz CT molecular complexity index is 361. The number of nitrogens with one attached hydrogen (secondary N) is 2. The molecule has 0 spiro atoms. The lowest BCUT2D eigenvalue weighted by molar-refractivity contribution is -0.153. The van der Waals surface area contributed by atoms with Crippen molar-refractivity contribution >= 4 is 11.8 Å². The van der Waals surface area contributed by atoms with E-state index >= 15 is 0 Å². The van der Waals surface area contributed by atoms with Crippen molar-refractivity contribution in [2.75, 3.05) is 52.4 Å². The van der Waals surface area contributed by atoms with Crippen LogP contribution in [0.25, 0.3) is 0 Å². The molecular weight excluding hydrogens is 272 g/mol. The Balaban J connectivity index is 1.70. The Morgan fingerprint density at radius 2 is 1.81 bits per heavy atom. The van der Waals surface area contributed by atoms with Gasteiger partial charge in [0.15, 0.2) is 0 Å². The molecule has 2 heterocycles. The highest BCUT2D eigenvalue weighted by atomic mass is 16.5. The summed E-state index contributed by atoms with van der Waals surface area (Å²) in [5.41, 5.74) is 0. The first-order valence-electron chi connectivity index (χ1n) is 7.72. The van der Waals surface area contributed by atoms with E-state index in [9.17, 15) is 9.59 Å². The van der Waals surface area contributed by atoms with Gasteiger partial charge in [-0.15, -0.1) is 0 Å². The van der Waals surface area contributed by atoms with E-state index < -0.39 is 11.8 Å². The molecule has 7 nitrogen and oxygen atoms in total. The molecule has 120 valence electrons. The summed E-state index contributed by atoms with van der Waals surface area (Å²) in [7, 11) is 0. The number of piperazine rings is 1. The Morgan fingerprint density at radius 3 is 2.43 bits per heavy atom. The molecule has 2 aliphatic heterocycles. The van der Waals surface area contributed by atoms with Gasteiger partial charge in [0.25, 0.3) is 0 Å². The van der Waals surface area contributed by atoms with Crippen LogP contribution in [-0.4, -0.2) is 86.2 Å². The second-order valence-electron chi connectivity index (χ2n) is 5.81. The Labute approximate surface area is 126 Å². The summed E-state index contributed by atoms with van der Waals surface area (Å²) in [5.74, 6) is -0.955. The monoisotopic (exact) mass is 298 g/mol. The van der Waals surface area contributed by atoms with Gasteiger partial charge in [-0.2, -0.15) is 0 Å². The minimum Gasteiger partial charge on any atom is -0.372 e. The SMILES string of the molecule is CC1CN(C(=O)C(=O)NCCN2CCNCC2)CC(C)O1. The van der Waals surface area contributed by atoms with Crippen molar-refractivity contribution in [2.24, 2.45) is 0 Å². The van der Waals surface area contributed by atoms with Gasteiger partial charge in [-0.3, -0.25) is 14.5 Å². The largest absolute Gasteiger partial charge is 0.372 e. The molecule has 21 heavy (non-hydrogen) atoms. The normalized spacial score (nSPS) is 27.4. The summed E-state index contributed by atoms with van der Waals surface area (Å²) < 4.78 is 5.57. The van der Waals surface area contributed by atoms with Crippen LogP contribution in [0.15, 0.2) is 0 Å². The fourth-order valence-electron chi connectivity index (χ4n) is 2.83. The Hall–Kier alpha value is -1.18. The number of ether oxygens (including phenoxy) is 1. The lowest BCUT2D eigenvalue weighted by Crippen LogP contribution is -2.53. The maximum Gasteiger partial charge on any atom is 0.312 e. The van der Waals surface area contributed by atoms with Crippen molar-refractivity contribution in [2.45, 2.75) is 26.1 Å². The maximum absolute atomic E-state index is 12.1. The molecule has 0 bridgehead atoms. The van der Waals surface area contributed by atoms with Gasteiger partial charge >= 0.3 is 11.8 Å². The van der Waals surface area contributed by atoms with Crippen molar-refractivity contribution < 1.29 is 14.3 Å². The van der Waals surface area contributed by atoms with Crippen LogP contribution in [0.1, 0.15) is 13.8 Å². The first-order valence-corrected chi connectivity index (χ1v) is 7.72. The number of rotatable bonds is 3. The highest BCUT2D eigenvalue weighted by molar-refractivity contribution is 6.35. The van der Waals surface area contributed by atoms with Crippen molar-refractivity contribution in [1.82, 2.24) is 20.4 Å². The third-order valence-electron chi connectivity index (χ3n) is 3.82. The second kappa shape index (κ2) is 7.72. The molecule has 2 N–H and O–H groups in total. The van der Waals surface area contributed by atoms with E-state index in [-0.39, 0.29) is 12.2 Å². The molecule has 2 saturated heterocycles. The predicted octanol–water partition coefficient (Wildman–Crippen LogP) is -1.36. The van der Waals surface area contributed by atoms with Gasteiger partial charge in [-0.1, -0.05) is 0 Å². The van der Waals surface area contributed by atoms with Crippen molar-refractivity contribution in [3.05, 3.63) is 0 Å². The minimum absolute atomic E-state index is 0.0219. The van der Waals surface area contributed by atoms with Crippen LogP contribution >= 0.6 is 0 Å². The molecule has 0 aliphatic carbocycles. The molecule has 0 aromatic carbocycles. The van der Waals surface area contributed by atoms with Crippen molar-refractivity contribution in [3.8, 4) is 0 Å². The van der Waals surface area contributed by atoms with Gasteiger partial charge in [0, 0.05) is 52.4 Å². The topological polar surface area (TPSA) is 73.9 Å². The van der Waals surface area contributed by atoms with Gasteiger partial charge in [0.05, 0.1) is 12.2 Å². The highest BCUT2D eigenvalue weighted by Gasteiger charge is 2.29.